The molecular weight excluding hydrogens is 294 g/mol. The third-order valence-corrected chi connectivity index (χ3v) is 4.92. The lowest BCUT2D eigenvalue weighted by atomic mass is 9.91. The molecule has 124 valence electrons. The molecule has 1 aliphatic carbocycles. The van der Waals surface area contributed by atoms with Gasteiger partial charge in [0, 0.05) is 0 Å². The van der Waals surface area contributed by atoms with Gasteiger partial charge in [-0.1, -0.05) is 43.2 Å². The molecule has 0 aromatic heterocycles. The highest BCUT2D eigenvalue weighted by molar-refractivity contribution is 5.83. The lowest BCUT2D eigenvalue weighted by Gasteiger charge is -2.26. The van der Waals surface area contributed by atoms with Crippen LogP contribution in [0.15, 0.2) is 30.3 Å². The van der Waals surface area contributed by atoms with Gasteiger partial charge in [-0.3, -0.25) is 4.79 Å². The van der Waals surface area contributed by atoms with Gasteiger partial charge in [0.2, 0.25) is 5.91 Å². The standard InChI is InChI=1S/C18H23NO4/c20-17(14-10-11-15(23-14)18(21)22)19-16(13-8-4-5-9-13)12-6-2-1-3-7-12/h1-3,6-7,13-16H,4-5,8-11H2,(H,19,20)(H,21,22)/t14-,15+,16?/m0/s1. The number of nitrogens with one attached hydrogen (secondary N) is 1. The Labute approximate surface area is 136 Å². The number of hydrogen-bond donors (Lipinski definition) is 2. The minimum absolute atomic E-state index is 0.0151. The van der Waals surface area contributed by atoms with Crippen molar-refractivity contribution in [3.05, 3.63) is 35.9 Å². The number of carbonyl (C=O) groups excluding carboxylic acids is 1. The topological polar surface area (TPSA) is 75.6 Å². The van der Waals surface area contributed by atoms with Crippen LogP contribution in [-0.2, 0) is 14.3 Å². The molecule has 1 aromatic carbocycles. The summed E-state index contributed by atoms with van der Waals surface area (Å²) in [5.74, 6) is -0.733. The van der Waals surface area contributed by atoms with E-state index in [0.717, 1.165) is 18.4 Å². The first kappa shape index (κ1) is 16.0. The van der Waals surface area contributed by atoms with E-state index in [2.05, 4.69) is 5.32 Å². The van der Waals surface area contributed by atoms with E-state index in [4.69, 9.17) is 9.84 Å². The molecule has 2 N–H and O–H groups in total. The van der Waals surface area contributed by atoms with Gasteiger partial charge in [-0.2, -0.15) is 0 Å². The van der Waals surface area contributed by atoms with Crippen LogP contribution in [0.3, 0.4) is 0 Å². The fourth-order valence-electron chi connectivity index (χ4n) is 3.68. The Hall–Kier alpha value is -1.88. The molecule has 1 aliphatic heterocycles. The van der Waals surface area contributed by atoms with E-state index < -0.39 is 18.2 Å². The van der Waals surface area contributed by atoms with E-state index in [1.54, 1.807) is 0 Å². The average Bonchev–Trinajstić information content (AvgIpc) is 3.24. The molecule has 0 spiro atoms. The number of amides is 1. The summed E-state index contributed by atoms with van der Waals surface area (Å²) in [4.78, 5) is 23.5. The quantitative estimate of drug-likeness (QED) is 0.875. The van der Waals surface area contributed by atoms with Gasteiger partial charge in [-0.25, -0.2) is 4.79 Å². The second-order valence-electron chi connectivity index (χ2n) is 6.47. The van der Waals surface area contributed by atoms with Gasteiger partial charge < -0.3 is 15.2 Å². The average molecular weight is 317 g/mol. The van der Waals surface area contributed by atoms with Crippen molar-refractivity contribution < 1.29 is 19.4 Å². The largest absolute Gasteiger partial charge is 0.479 e. The zero-order chi connectivity index (χ0) is 16.2. The van der Waals surface area contributed by atoms with Crippen molar-refractivity contribution in [2.45, 2.75) is 56.8 Å². The summed E-state index contributed by atoms with van der Waals surface area (Å²) in [6, 6.07) is 10.00. The minimum Gasteiger partial charge on any atom is -0.479 e. The number of carbonyl (C=O) groups is 2. The zero-order valence-corrected chi connectivity index (χ0v) is 13.1. The SMILES string of the molecule is O=C(NC(c1ccccc1)C1CCCC1)[C@@H]1CC[C@H](C(=O)O)O1. The van der Waals surface area contributed by atoms with Gasteiger partial charge >= 0.3 is 5.97 Å². The molecule has 23 heavy (non-hydrogen) atoms. The third-order valence-electron chi connectivity index (χ3n) is 4.92. The number of ether oxygens (including phenoxy) is 1. The number of aliphatic carboxylic acids is 1. The molecule has 3 rings (SSSR count). The summed E-state index contributed by atoms with van der Waals surface area (Å²) in [5, 5.41) is 12.1. The lowest BCUT2D eigenvalue weighted by Crippen LogP contribution is -2.40. The van der Waals surface area contributed by atoms with Crippen LogP contribution in [0.2, 0.25) is 0 Å². The maximum atomic E-state index is 12.5. The molecule has 2 fully saturated rings. The monoisotopic (exact) mass is 317 g/mol. The van der Waals surface area contributed by atoms with Crippen molar-refractivity contribution >= 4 is 11.9 Å². The lowest BCUT2D eigenvalue weighted by molar-refractivity contribution is -0.152. The van der Waals surface area contributed by atoms with Gasteiger partial charge in [0.25, 0.3) is 0 Å². The van der Waals surface area contributed by atoms with Crippen LogP contribution in [0.4, 0.5) is 0 Å². The first-order chi connectivity index (χ1) is 11.1. The highest BCUT2D eigenvalue weighted by Crippen LogP contribution is 2.36. The van der Waals surface area contributed by atoms with Crippen molar-refractivity contribution in [1.29, 1.82) is 0 Å². The summed E-state index contributed by atoms with van der Waals surface area (Å²) < 4.78 is 5.37. The van der Waals surface area contributed by atoms with Gasteiger partial charge in [0.05, 0.1) is 6.04 Å². The van der Waals surface area contributed by atoms with Crippen LogP contribution in [0.25, 0.3) is 0 Å². The summed E-state index contributed by atoms with van der Waals surface area (Å²) in [5.41, 5.74) is 1.11. The molecule has 1 aromatic rings. The zero-order valence-electron chi connectivity index (χ0n) is 13.1. The van der Waals surface area contributed by atoms with Crippen molar-refractivity contribution in [1.82, 2.24) is 5.32 Å². The fraction of sp³-hybridized carbons (Fsp3) is 0.556. The number of carboxylic acid groups (broad SMARTS) is 1. The van der Waals surface area contributed by atoms with E-state index in [1.165, 1.54) is 12.8 Å². The first-order valence-corrected chi connectivity index (χ1v) is 8.38. The van der Waals surface area contributed by atoms with Gasteiger partial charge in [0.1, 0.15) is 6.10 Å². The van der Waals surface area contributed by atoms with E-state index in [-0.39, 0.29) is 11.9 Å². The number of hydrogen-bond acceptors (Lipinski definition) is 3. The molecule has 3 atom stereocenters. The van der Waals surface area contributed by atoms with Crippen LogP contribution in [0.1, 0.15) is 50.1 Å². The summed E-state index contributed by atoms with van der Waals surface area (Å²) in [6.07, 6.45) is 3.99. The van der Waals surface area contributed by atoms with Crippen molar-refractivity contribution in [2.24, 2.45) is 5.92 Å². The van der Waals surface area contributed by atoms with E-state index >= 15 is 0 Å². The van der Waals surface area contributed by atoms with E-state index in [1.807, 2.05) is 30.3 Å². The summed E-state index contributed by atoms with van der Waals surface area (Å²) in [6.45, 7) is 0. The molecule has 0 bridgehead atoms. The second-order valence-corrected chi connectivity index (χ2v) is 6.47. The van der Waals surface area contributed by atoms with Gasteiger partial charge in [0.15, 0.2) is 6.10 Å². The molecule has 5 nitrogen and oxygen atoms in total. The molecule has 0 radical (unpaired) electrons. The Morgan fingerprint density at radius 2 is 1.70 bits per heavy atom. The van der Waals surface area contributed by atoms with E-state index in [9.17, 15) is 9.59 Å². The molecule has 1 saturated carbocycles. The molecule has 5 heteroatoms. The summed E-state index contributed by atoms with van der Waals surface area (Å²) >= 11 is 0. The van der Waals surface area contributed by atoms with Gasteiger partial charge in [-0.15, -0.1) is 0 Å². The number of benzene rings is 1. The molecule has 1 saturated heterocycles. The highest BCUT2D eigenvalue weighted by atomic mass is 16.5. The maximum Gasteiger partial charge on any atom is 0.332 e. The van der Waals surface area contributed by atoms with Gasteiger partial charge in [-0.05, 0) is 37.2 Å². The number of rotatable bonds is 5. The van der Waals surface area contributed by atoms with Crippen LogP contribution in [-0.4, -0.2) is 29.2 Å². The van der Waals surface area contributed by atoms with E-state index in [0.29, 0.717) is 18.8 Å². The van der Waals surface area contributed by atoms with Crippen LogP contribution in [0, 0.1) is 5.92 Å². The highest BCUT2D eigenvalue weighted by Gasteiger charge is 2.36. The molecule has 2 aliphatic rings. The van der Waals surface area contributed by atoms with Crippen LogP contribution in [0.5, 0.6) is 0 Å². The molecular formula is C18H23NO4. The van der Waals surface area contributed by atoms with Crippen molar-refractivity contribution in [3.8, 4) is 0 Å². The predicted octanol–water partition coefficient (Wildman–Crippen LogP) is 2.67. The van der Waals surface area contributed by atoms with Crippen molar-refractivity contribution in [2.75, 3.05) is 0 Å². The van der Waals surface area contributed by atoms with Crippen LogP contribution >= 0.6 is 0 Å². The molecule has 1 heterocycles. The third kappa shape index (κ3) is 3.72. The molecule has 1 unspecified atom stereocenters. The molecule has 1 amide bonds. The van der Waals surface area contributed by atoms with Crippen LogP contribution < -0.4 is 5.32 Å². The normalized spacial score (nSPS) is 26.1. The Balaban J connectivity index is 1.69. The first-order valence-electron chi connectivity index (χ1n) is 8.38. The Bertz CT molecular complexity index is 553. The Morgan fingerprint density at radius 3 is 2.30 bits per heavy atom. The Kier molecular flexibility index (Phi) is 4.96. The summed E-state index contributed by atoms with van der Waals surface area (Å²) in [7, 11) is 0. The predicted molar refractivity (Wildman–Crippen MR) is 84.8 cm³/mol. The number of carboxylic acids is 1. The van der Waals surface area contributed by atoms with Crippen molar-refractivity contribution in [3.63, 3.8) is 0 Å². The Morgan fingerprint density at radius 1 is 1.04 bits per heavy atom. The smallest absolute Gasteiger partial charge is 0.332 e. The fourth-order valence-corrected chi connectivity index (χ4v) is 3.68. The second kappa shape index (κ2) is 7.13. The maximum absolute atomic E-state index is 12.5. The minimum atomic E-state index is -0.990.